The Morgan fingerprint density at radius 2 is 1.62 bits per heavy atom. The molecule has 0 spiro atoms. The Hall–Kier alpha value is -0.860. The third-order valence-electron chi connectivity index (χ3n) is 2.34. The Morgan fingerprint density at radius 1 is 1.06 bits per heavy atom. The van der Waals surface area contributed by atoms with E-state index in [9.17, 15) is 9.59 Å². The van der Waals surface area contributed by atoms with Crippen molar-refractivity contribution in [1.29, 1.82) is 0 Å². The normalized spacial score (nSPS) is 12.9. The van der Waals surface area contributed by atoms with Gasteiger partial charge in [-0.15, -0.1) is 0 Å². The van der Waals surface area contributed by atoms with E-state index in [1.165, 1.54) is 6.92 Å². The van der Waals surface area contributed by atoms with E-state index in [0.717, 1.165) is 12.8 Å². The molecule has 0 rings (SSSR count). The number of hydrogen-bond acceptors (Lipinski definition) is 3. The Balaban J connectivity index is 4.20. The second kappa shape index (κ2) is 7.42. The van der Waals surface area contributed by atoms with Crippen LogP contribution < -0.4 is 0 Å². The standard InChI is InChI=1S/C13H24O3/c1-9(2)6-7-12(8-11(5)14)16-13(15)10(3)4/h9-10,12H,6-8H2,1-5H3. The van der Waals surface area contributed by atoms with Gasteiger partial charge in [0.05, 0.1) is 5.92 Å². The molecule has 0 radical (unpaired) electrons. The molecular formula is C13H24O3. The van der Waals surface area contributed by atoms with Gasteiger partial charge < -0.3 is 4.74 Å². The number of carbonyl (C=O) groups is 2. The van der Waals surface area contributed by atoms with Gasteiger partial charge in [-0.2, -0.15) is 0 Å². The topological polar surface area (TPSA) is 43.4 Å². The molecule has 1 unspecified atom stereocenters. The first-order valence-corrected chi connectivity index (χ1v) is 6.02. The third-order valence-corrected chi connectivity index (χ3v) is 2.34. The minimum Gasteiger partial charge on any atom is -0.462 e. The highest BCUT2D eigenvalue weighted by atomic mass is 16.5. The second-order valence-electron chi connectivity index (χ2n) is 5.09. The van der Waals surface area contributed by atoms with Gasteiger partial charge in [-0.1, -0.05) is 27.7 Å². The maximum Gasteiger partial charge on any atom is 0.308 e. The summed E-state index contributed by atoms with van der Waals surface area (Å²) in [6.07, 6.45) is 1.85. The van der Waals surface area contributed by atoms with E-state index < -0.39 is 0 Å². The lowest BCUT2D eigenvalue weighted by Crippen LogP contribution is -2.24. The summed E-state index contributed by atoms with van der Waals surface area (Å²) in [5.41, 5.74) is 0. The summed E-state index contributed by atoms with van der Waals surface area (Å²) in [6.45, 7) is 9.38. The first kappa shape index (κ1) is 15.1. The monoisotopic (exact) mass is 228 g/mol. The highest BCUT2D eigenvalue weighted by Gasteiger charge is 2.18. The number of rotatable bonds is 7. The predicted molar refractivity (Wildman–Crippen MR) is 64.1 cm³/mol. The van der Waals surface area contributed by atoms with Gasteiger partial charge in [0.15, 0.2) is 0 Å². The van der Waals surface area contributed by atoms with Gasteiger partial charge in [0, 0.05) is 6.42 Å². The van der Waals surface area contributed by atoms with Crippen LogP contribution in [0, 0.1) is 11.8 Å². The molecule has 0 bridgehead atoms. The number of Topliss-reactive ketones (excluding diaryl/α,β-unsaturated/α-hetero) is 1. The summed E-state index contributed by atoms with van der Waals surface area (Å²) in [5.74, 6) is 0.293. The minimum atomic E-state index is -0.241. The lowest BCUT2D eigenvalue weighted by Gasteiger charge is -2.19. The fraction of sp³-hybridized carbons (Fsp3) is 0.846. The van der Waals surface area contributed by atoms with Crippen molar-refractivity contribution < 1.29 is 14.3 Å². The van der Waals surface area contributed by atoms with E-state index in [4.69, 9.17) is 4.74 Å². The van der Waals surface area contributed by atoms with Crippen LogP contribution in [0.1, 0.15) is 53.9 Å². The fourth-order valence-electron chi connectivity index (χ4n) is 1.34. The fourth-order valence-corrected chi connectivity index (χ4v) is 1.34. The van der Waals surface area contributed by atoms with Crippen LogP contribution in [0.5, 0.6) is 0 Å². The molecule has 0 amide bonds. The van der Waals surface area contributed by atoms with Crippen LogP contribution in [0.2, 0.25) is 0 Å². The van der Waals surface area contributed by atoms with Crippen molar-refractivity contribution in [3.8, 4) is 0 Å². The summed E-state index contributed by atoms with van der Waals surface area (Å²) in [4.78, 5) is 22.5. The van der Waals surface area contributed by atoms with Crippen LogP contribution in [0.25, 0.3) is 0 Å². The molecular weight excluding hydrogens is 204 g/mol. The zero-order valence-corrected chi connectivity index (χ0v) is 11.1. The van der Waals surface area contributed by atoms with Crippen molar-refractivity contribution >= 4 is 11.8 Å². The van der Waals surface area contributed by atoms with Gasteiger partial charge >= 0.3 is 5.97 Å². The van der Waals surface area contributed by atoms with Crippen LogP contribution in [0.3, 0.4) is 0 Å². The van der Waals surface area contributed by atoms with Crippen LogP contribution in [-0.2, 0) is 14.3 Å². The van der Waals surface area contributed by atoms with Crippen LogP contribution in [0.15, 0.2) is 0 Å². The Labute approximate surface area is 98.6 Å². The number of ether oxygens (including phenoxy) is 1. The van der Waals surface area contributed by atoms with Gasteiger partial charge in [-0.05, 0) is 25.7 Å². The smallest absolute Gasteiger partial charge is 0.308 e. The van der Waals surface area contributed by atoms with Gasteiger partial charge in [0.1, 0.15) is 11.9 Å². The van der Waals surface area contributed by atoms with E-state index in [1.54, 1.807) is 13.8 Å². The summed E-state index contributed by atoms with van der Waals surface area (Å²) in [7, 11) is 0. The van der Waals surface area contributed by atoms with Crippen molar-refractivity contribution in [3.63, 3.8) is 0 Å². The number of esters is 1. The molecule has 0 aromatic rings. The SMILES string of the molecule is CC(=O)CC(CCC(C)C)OC(=O)C(C)C. The average molecular weight is 228 g/mol. The molecule has 0 saturated carbocycles. The lowest BCUT2D eigenvalue weighted by atomic mass is 10.0. The highest BCUT2D eigenvalue weighted by Crippen LogP contribution is 2.14. The molecule has 0 aromatic carbocycles. The molecule has 16 heavy (non-hydrogen) atoms. The van der Waals surface area contributed by atoms with E-state index in [1.807, 2.05) is 0 Å². The van der Waals surface area contributed by atoms with Crippen LogP contribution >= 0.6 is 0 Å². The largest absolute Gasteiger partial charge is 0.462 e. The predicted octanol–water partition coefficient (Wildman–Crippen LogP) is 2.97. The maximum absolute atomic E-state index is 11.4. The first-order chi connectivity index (χ1) is 7.32. The Kier molecular flexibility index (Phi) is 7.02. The third kappa shape index (κ3) is 7.43. The molecule has 0 saturated heterocycles. The summed E-state index contributed by atoms with van der Waals surface area (Å²) >= 11 is 0. The van der Waals surface area contributed by atoms with Crippen molar-refractivity contribution in [3.05, 3.63) is 0 Å². The molecule has 0 fully saturated rings. The molecule has 0 aliphatic rings. The summed E-state index contributed by atoms with van der Waals surface area (Å²) < 4.78 is 5.31. The van der Waals surface area contributed by atoms with Gasteiger partial charge in [-0.25, -0.2) is 0 Å². The highest BCUT2D eigenvalue weighted by molar-refractivity contribution is 5.77. The number of carbonyl (C=O) groups excluding carboxylic acids is 2. The first-order valence-electron chi connectivity index (χ1n) is 6.02. The van der Waals surface area contributed by atoms with Gasteiger partial charge in [0.25, 0.3) is 0 Å². The molecule has 0 N–H and O–H groups in total. The Morgan fingerprint density at radius 3 is 2.00 bits per heavy atom. The van der Waals surface area contributed by atoms with Gasteiger partial charge in [-0.3, -0.25) is 9.59 Å². The summed E-state index contributed by atoms with van der Waals surface area (Å²) in [5, 5.41) is 0. The zero-order chi connectivity index (χ0) is 12.7. The van der Waals surface area contributed by atoms with E-state index in [-0.39, 0.29) is 23.8 Å². The van der Waals surface area contributed by atoms with Crippen molar-refractivity contribution in [1.82, 2.24) is 0 Å². The van der Waals surface area contributed by atoms with Gasteiger partial charge in [0.2, 0.25) is 0 Å². The number of ketones is 1. The Bertz CT molecular complexity index is 231. The van der Waals surface area contributed by atoms with Crippen molar-refractivity contribution in [2.45, 2.75) is 60.0 Å². The van der Waals surface area contributed by atoms with Crippen molar-refractivity contribution in [2.24, 2.45) is 11.8 Å². The number of hydrogen-bond donors (Lipinski definition) is 0. The molecule has 0 aliphatic heterocycles. The molecule has 0 aliphatic carbocycles. The molecule has 3 nitrogen and oxygen atoms in total. The van der Waals surface area contributed by atoms with Crippen LogP contribution in [-0.4, -0.2) is 17.9 Å². The molecule has 1 atom stereocenters. The van der Waals surface area contributed by atoms with Crippen molar-refractivity contribution in [2.75, 3.05) is 0 Å². The van der Waals surface area contributed by atoms with Crippen LogP contribution in [0.4, 0.5) is 0 Å². The van der Waals surface area contributed by atoms with E-state index in [2.05, 4.69) is 13.8 Å². The molecule has 3 heteroatoms. The zero-order valence-electron chi connectivity index (χ0n) is 11.1. The quantitative estimate of drug-likeness (QED) is 0.629. The average Bonchev–Trinajstić information content (AvgIpc) is 2.12. The maximum atomic E-state index is 11.4. The molecule has 0 aromatic heterocycles. The minimum absolute atomic E-state index is 0.0744. The molecule has 94 valence electrons. The summed E-state index contributed by atoms with van der Waals surface area (Å²) in [6, 6.07) is 0. The lowest BCUT2D eigenvalue weighted by molar-refractivity contribution is -0.154. The second-order valence-corrected chi connectivity index (χ2v) is 5.09. The van der Waals surface area contributed by atoms with E-state index in [0.29, 0.717) is 12.3 Å². The van der Waals surface area contributed by atoms with E-state index >= 15 is 0 Å². The molecule has 0 heterocycles.